The van der Waals surface area contributed by atoms with Gasteiger partial charge in [-0.15, -0.1) is 0 Å². The smallest absolute Gasteiger partial charge is 0.307 e. The van der Waals surface area contributed by atoms with E-state index in [2.05, 4.69) is 0 Å². The fraction of sp³-hybridized carbons (Fsp3) is 0.727. The van der Waals surface area contributed by atoms with Crippen LogP contribution in [0.2, 0.25) is 0 Å². The van der Waals surface area contributed by atoms with Crippen molar-refractivity contribution in [1.82, 2.24) is 0 Å². The molecule has 4 saturated carbocycles. The third-order valence-electron chi connectivity index (χ3n) is 4.33. The lowest BCUT2D eigenvalue weighted by Gasteiger charge is -2.50. The Morgan fingerprint density at radius 1 is 1.00 bits per heavy atom. The molecule has 0 saturated heterocycles. The van der Waals surface area contributed by atoms with Crippen LogP contribution in [0.3, 0.4) is 0 Å². The molecule has 4 atom stereocenters. The van der Waals surface area contributed by atoms with Gasteiger partial charge >= 0.3 is 5.97 Å². The number of carbonyl (C=O) groups excluding carboxylic acids is 2. The average Bonchev–Trinajstić information content (AvgIpc) is 2.15. The van der Waals surface area contributed by atoms with E-state index in [9.17, 15) is 14.4 Å². The topological polar surface area (TPSA) is 71.4 Å². The molecular weight excluding hydrogens is 196 g/mol. The molecule has 0 radical (unpaired) electrons. The van der Waals surface area contributed by atoms with Crippen molar-refractivity contribution >= 4 is 17.5 Å². The minimum atomic E-state index is -0.967. The Hall–Kier alpha value is -1.19. The number of hydrogen-bond donors (Lipinski definition) is 1. The van der Waals surface area contributed by atoms with E-state index in [4.69, 9.17) is 5.11 Å². The van der Waals surface area contributed by atoms with Gasteiger partial charge in [0.25, 0.3) is 0 Å². The summed E-state index contributed by atoms with van der Waals surface area (Å²) in [5.74, 6) is -2.28. The second-order valence-corrected chi connectivity index (χ2v) is 4.98. The highest BCUT2D eigenvalue weighted by atomic mass is 16.4. The molecule has 4 aliphatic rings. The molecule has 0 amide bonds. The zero-order valence-electron chi connectivity index (χ0n) is 8.18. The highest BCUT2D eigenvalue weighted by Crippen LogP contribution is 2.52. The van der Waals surface area contributed by atoms with Gasteiger partial charge in [-0.1, -0.05) is 0 Å². The molecular formula is C11H12O4. The Balaban J connectivity index is 2.03. The molecule has 4 rings (SSSR count). The molecule has 4 bridgehead atoms. The van der Waals surface area contributed by atoms with E-state index in [1.807, 2.05) is 0 Å². The standard InChI is InChI=1S/C11H12O4/c12-9-4-1-5-3-7(9)8(11(14)15)6(2-4)10(5)13/h4-8H,1-3H2,(H,14,15). The third-order valence-corrected chi connectivity index (χ3v) is 4.33. The van der Waals surface area contributed by atoms with E-state index in [0.29, 0.717) is 19.3 Å². The zero-order valence-corrected chi connectivity index (χ0v) is 8.18. The molecule has 4 heteroatoms. The molecule has 4 unspecified atom stereocenters. The maximum Gasteiger partial charge on any atom is 0.307 e. The number of hydrogen-bond acceptors (Lipinski definition) is 3. The van der Waals surface area contributed by atoms with E-state index in [1.165, 1.54) is 0 Å². The van der Waals surface area contributed by atoms with E-state index < -0.39 is 11.9 Å². The van der Waals surface area contributed by atoms with Crippen molar-refractivity contribution in [2.75, 3.05) is 0 Å². The minimum absolute atomic E-state index is 0.0212. The summed E-state index contributed by atoms with van der Waals surface area (Å²) in [4.78, 5) is 34.7. The second kappa shape index (κ2) is 2.68. The highest BCUT2D eigenvalue weighted by molar-refractivity contribution is 6.00. The van der Waals surface area contributed by atoms with Crippen LogP contribution in [-0.4, -0.2) is 22.6 Å². The summed E-state index contributed by atoms with van der Waals surface area (Å²) in [6.07, 6.45) is 1.65. The van der Waals surface area contributed by atoms with Gasteiger partial charge in [0, 0.05) is 23.7 Å². The number of carbonyl (C=O) groups is 3. The number of carboxylic acid groups (broad SMARTS) is 1. The van der Waals surface area contributed by atoms with Gasteiger partial charge in [-0.2, -0.15) is 0 Å². The van der Waals surface area contributed by atoms with Crippen molar-refractivity contribution in [3.05, 3.63) is 0 Å². The van der Waals surface area contributed by atoms with Gasteiger partial charge in [0.05, 0.1) is 5.92 Å². The van der Waals surface area contributed by atoms with E-state index in [0.717, 1.165) is 0 Å². The third kappa shape index (κ3) is 0.994. The molecule has 0 aliphatic heterocycles. The van der Waals surface area contributed by atoms with Gasteiger partial charge in [0.2, 0.25) is 0 Å². The van der Waals surface area contributed by atoms with Crippen molar-refractivity contribution in [1.29, 1.82) is 0 Å². The van der Waals surface area contributed by atoms with Crippen LogP contribution in [0.25, 0.3) is 0 Å². The second-order valence-electron chi connectivity index (χ2n) is 4.98. The molecule has 4 fully saturated rings. The van der Waals surface area contributed by atoms with Crippen molar-refractivity contribution < 1.29 is 19.5 Å². The lowest BCUT2D eigenvalue weighted by molar-refractivity contribution is -0.170. The van der Waals surface area contributed by atoms with Crippen molar-refractivity contribution in [3.63, 3.8) is 0 Å². The maximum atomic E-state index is 11.8. The normalized spacial score (nSPS) is 47.3. The van der Waals surface area contributed by atoms with Crippen molar-refractivity contribution in [2.24, 2.45) is 29.6 Å². The zero-order chi connectivity index (χ0) is 10.7. The van der Waals surface area contributed by atoms with Gasteiger partial charge in [0.1, 0.15) is 11.6 Å². The molecule has 0 heterocycles. The summed E-state index contributed by atoms with van der Waals surface area (Å²) in [7, 11) is 0. The average molecular weight is 208 g/mol. The fourth-order valence-corrected chi connectivity index (χ4v) is 3.72. The summed E-state index contributed by atoms with van der Waals surface area (Å²) in [6.45, 7) is 0. The largest absolute Gasteiger partial charge is 0.481 e. The summed E-state index contributed by atoms with van der Waals surface area (Å²) < 4.78 is 0. The first-order chi connectivity index (χ1) is 7.09. The summed E-state index contributed by atoms with van der Waals surface area (Å²) in [5, 5.41) is 9.08. The van der Waals surface area contributed by atoms with E-state index in [-0.39, 0.29) is 35.2 Å². The van der Waals surface area contributed by atoms with Crippen LogP contribution < -0.4 is 0 Å². The predicted molar refractivity (Wildman–Crippen MR) is 49.0 cm³/mol. The van der Waals surface area contributed by atoms with Gasteiger partial charge in [-0.25, -0.2) is 0 Å². The van der Waals surface area contributed by atoms with Gasteiger partial charge in [-0.05, 0) is 19.3 Å². The van der Waals surface area contributed by atoms with Gasteiger partial charge in [0.15, 0.2) is 0 Å². The Kier molecular flexibility index (Phi) is 1.62. The number of carboxylic acids is 1. The number of rotatable bonds is 1. The lowest BCUT2D eigenvalue weighted by atomic mass is 9.51. The first-order valence-electron chi connectivity index (χ1n) is 5.40. The van der Waals surface area contributed by atoms with Crippen LogP contribution in [0.5, 0.6) is 0 Å². The summed E-state index contributed by atoms with van der Waals surface area (Å²) in [5.41, 5.74) is 0. The Morgan fingerprint density at radius 2 is 1.47 bits per heavy atom. The van der Waals surface area contributed by atoms with Crippen molar-refractivity contribution in [2.45, 2.75) is 19.3 Å². The first-order valence-corrected chi connectivity index (χ1v) is 5.40. The van der Waals surface area contributed by atoms with E-state index >= 15 is 0 Å². The molecule has 15 heavy (non-hydrogen) atoms. The SMILES string of the molecule is O=C1C2CC3CC1C(C(=O)O)C(C2)C3=O. The molecule has 80 valence electrons. The van der Waals surface area contributed by atoms with Gasteiger partial charge in [-0.3, -0.25) is 14.4 Å². The monoisotopic (exact) mass is 208 g/mol. The molecule has 4 nitrogen and oxygen atoms in total. The molecule has 0 aromatic heterocycles. The van der Waals surface area contributed by atoms with Crippen LogP contribution in [-0.2, 0) is 14.4 Å². The van der Waals surface area contributed by atoms with Gasteiger partial charge < -0.3 is 5.11 Å². The van der Waals surface area contributed by atoms with Crippen LogP contribution in [0, 0.1) is 29.6 Å². The quantitative estimate of drug-likeness (QED) is 0.681. The molecule has 0 spiro atoms. The van der Waals surface area contributed by atoms with Crippen LogP contribution in [0.15, 0.2) is 0 Å². The Labute approximate surface area is 86.6 Å². The fourth-order valence-electron chi connectivity index (χ4n) is 3.72. The lowest BCUT2D eigenvalue weighted by Crippen LogP contribution is -2.58. The molecule has 4 aliphatic carbocycles. The van der Waals surface area contributed by atoms with E-state index in [1.54, 1.807) is 0 Å². The van der Waals surface area contributed by atoms with Crippen LogP contribution >= 0.6 is 0 Å². The Bertz CT molecular complexity index is 345. The predicted octanol–water partition coefficient (Wildman–Crippen LogP) is 0.501. The summed E-state index contributed by atoms with van der Waals surface area (Å²) in [6, 6.07) is 0. The number of Topliss-reactive ketones (excluding diaryl/α,β-unsaturated/α-hetero) is 2. The molecule has 0 aromatic rings. The number of ketones is 2. The summed E-state index contributed by atoms with van der Waals surface area (Å²) >= 11 is 0. The Morgan fingerprint density at radius 3 is 1.87 bits per heavy atom. The molecule has 0 aromatic carbocycles. The van der Waals surface area contributed by atoms with Crippen LogP contribution in [0.1, 0.15) is 19.3 Å². The first kappa shape index (κ1) is 9.07. The van der Waals surface area contributed by atoms with Crippen LogP contribution in [0.4, 0.5) is 0 Å². The van der Waals surface area contributed by atoms with Crippen molar-refractivity contribution in [3.8, 4) is 0 Å². The maximum absolute atomic E-state index is 11.8. The highest BCUT2D eigenvalue weighted by Gasteiger charge is 2.59. The number of aliphatic carboxylic acids is 1. The minimum Gasteiger partial charge on any atom is -0.481 e. The molecule has 1 N–H and O–H groups in total.